The van der Waals surface area contributed by atoms with E-state index in [2.05, 4.69) is 9.71 Å². The third-order valence-electron chi connectivity index (χ3n) is 3.66. The van der Waals surface area contributed by atoms with E-state index in [1.807, 2.05) is 31.2 Å². The second-order valence-corrected chi connectivity index (χ2v) is 7.39. The molecule has 0 spiro atoms. The van der Waals surface area contributed by atoms with E-state index in [9.17, 15) is 8.42 Å². The van der Waals surface area contributed by atoms with E-state index < -0.39 is 10.0 Å². The lowest BCUT2D eigenvalue weighted by atomic mass is 10.3. The maximum Gasteiger partial charge on any atom is 0.240 e. The van der Waals surface area contributed by atoms with Crippen LogP contribution < -0.4 is 9.46 Å². The molecule has 1 N–H and O–H groups in total. The van der Waals surface area contributed by atoms with Crippen LogP contribution in [-0.4, -0.2) is 21.2 Å². The van der Waals surface area contributed by atoms with Crippen molar-refractivity contribution >= 4 is 21.9 Å². The fraction of sp³-hybridized carbons (Fsp3) is 0.150. The van der Waals surface area contributed by atoms with Gasteiger partial charge in [-0.1, -0.05) is 18.2 Å². The maximum atomic E-state index is 12.2. The van der Waals surface area contributed by atoms with Crippen molar-refractivity contribution in [1.29, 1.82) is 0 Å². The molecule has 0 saturated carbocycles. The van der Waals surface area contributed by atoms with Crippen molar-refractivity contribution in [3.63, 3.8) is 0 Å². The molecule has 7 heteroatoms. The Kier molecular flexibility index (Phi) is 6.05. The van der Waals surface area contributed by atoms with Crippen molar-refractivity contribution in [3.05, 3.63) is 78.3 Å². The Bertz CT molecular complexity index is 994. The molecule has 0 aliphatic carbocycles. The van der Waals surface area contributed by atoms with E-state index >= 15 is 0 Å². The molecule has 6 nitrogen and oxygen atoms in total. The molecule has 0 atom stereocenters. The number of furan rings is 1. The van der Waals surface area contributed by atoms with Gasteiger partial charge in [-0.3, -0.25) is 4.99 Å². The van der Waals surface area contributed by atoms with Crippen molar-refractivity contribution in [2.45, 2.75) is 18.4 Å². The Hall–Kier alpha value is -2.90. The second-order valence-electron chi connectivity index (χ2n) is 5.63. The maximum absolute atomic E-state index is 12.2. The summed E-state index contributed by atoms with van der Waals surface area (Å²) < 4.78 is 37.9. The summed E-state index contributed by atoms with van der Waals surface area (Å²) in [5.74, 6) is 1.84. The molecule has 0 amide bonds. The zero-order valence-corrected chi connectivity index (χ0v) is 15.6. The summed E-state index contributed by atoms with van der Waals surface area (Å²) in [5.41, 5.74) is 0.765. The number of ether oxygens (including phenoxy) is 1. The monoisotopic (exact) mass is 384 g/mol. The van der Waals surface area contributed by atoms with Crippen LogP contribution in [0.1, 0.15) is 18.4 Å². The van der Waals surface area contributed by atoms with Gasteiger partial charge in [-0.2, -0.15) is 0 Å². The Labute approximate surface area is 158 Å². The molecular weight excluding hydrogens is 364 g/mol. The van der Waals surface area contributed by atoms with Gasteiger partial charge in [0.05, 0.1) is 29.9 Å². The number of benzene rings is 2. The van der Waals surface area contributed by atoms with Crippen LogP contribution in [0.15, 0.2) is 81.0 Å². The first-order chi connectivity index (χ1) is 13.1. The minimum absolute atomic E-state index is 0.0636. The smallest absolute Gasteiger partial charge is 0.240 e. The molecule has 0 bridgehead atoms. The highest BCUT2D eigenvalue weighted by atomic mass is 32.2. The highest BCUT2D eigenvalue weighted by Crippen LogP contribution is 2.18. The van der Waals surface area contributed by atoms with Crippen molar-refractivity contribution in [2.24, 2.45) is 4.99 Å². The predicted molar refractivity (Wildman–Crippen MR) is 104 cm³/mol. The van der Waals surface area contributed by atoms with E-state index in [0.29, 0.717) is 18.1 Å². The second kappa shape index (κ2) is 8.66. The molecule has 2 aromatic carbocycles. The normalized spacial score (nSPS) is 11.7. The molecule has 140 valence electrons. The summed E-state index contributed by atoms with van der Waals surface area (Å²) in [7, 11) is -3.57. The highest BCUT2D eigenvalue weighted by molar-refractivity contribution is 7.89. The summed E-state index contributed by atoms with van der Waals surface area (Å²) in [5, 5.41) is 0. The van der Waals surface area contributed by atoms with Gasteiger partial charge in [0, 0.05) is 0 Å². The largest absolute Gasteiger partial charge is 0.494 e. The van der Waals surface area contributed by atoms with Gasteiger partial charge in [0.2, 0.25) is 10.0 Å². The van der Waals surface area contributed by atoms with Gasteiger partial charge >= 0.3 is 0 Å². The molecule has 0 aliphatic rings. The number of nitrogens with zero attached hydrogens (tertiary/aromatic N) is 1. The van der Waals surface area contributed by atoms with Gasteiger partial charge in [0.15, 0.2) is 0 Å². The summed E-state index contributed by atoms with van der Waals surface area (Å²) in [6.45, 7) is 2.61. The third-order valence-corrected chi connectivity index (χ3v) is 5.08. The van der Waals surface area contributed by atoms with Crippen molar-refractivity contribution < 1.29 is 17.6 Å². The van der Waals surface area contributed by atoms with Crippen LogP contribution >= 0.6 is 0 Å². The zero-order chi connectivity index (χ0) is 19.1. The molecule has 0 aliphatic heterocycles. The van der Waals surface area contributed by atoms with Gasteiger partial charge < -0.3 is 9.15 Å². The van der Waals surface area contributed by atoms with E-state index in [1.165, 1.54) is 0 Å². The molecule has 0 radical (unpaired) electrons. The summed E-state index contributed by atoms with van der Waals surface area (Å²) in [4.78, 5) is 4.55. The van der Waals surface area contributed by atoms with Gasteiger partial charge in [-0.25, -0.2) is 13.1 Å². The molecular formula is C20H20N2O4S. The average molecular weight is 384 g/mol. The highest BCUT2D eigenvalue weighted by Gasteiger charge is 2.13. The van der Waals surface area contributed by atoms with E-state index in [4.69, 9.17) is 9.15 Å². The van der Waals surface area contributed by atoms with Gasteiger partial charge in [-0.05, 0) is 55.5 Å². The molecule has 3 aromatic rings. The van der Waals surface area contributed by atoms with Crippen LogP contribution in [0.25, 0.3) is 0 Å². The minimum Gasteiger partial charge on any atom is -0.494 e. The van der Waals surface area contributed by atoms with Crippen molar-refractivity contribution in [2.75, 3.05) is 6.61 Å². The SMILES string of the molecule is CCOc1ccc(N=Cc2ccc(CNS(=O)(=O)c3ccccc3)o2)cc1. The predicted octanol–water partition coefficient (Wildman–Crippen LogP) is 3.91. The molecule has 0 unspecified atom stereocenters. The first-order valence-corrected chi connectivity index (χ1v) is 9.95. The molecule has 0 fully saturated rings. The molecule has 3 rings (SSSR count). The number of hydrogen-bond donors (Lipinski definition) is 1. The molecule has 27 heavy (non-hydrogen) atoms. The lowest BCUT2D eigenvalue weighted by Crippen LogP contribution is -2.22. The molecule has 0 saturated heterocycles. The van der Waals surface area contributed by atoms with Gasteiger partial charge in [0.25, 0.3) is 0 Å². The Balaban J connectivity index is 1.60. The topological polar surface area (TPSA) is 80.9 Å². The first-order valence-electron chi connectivity index (χ1n) is 8.47. The average Bonchev–Trinajstić information content (AvgIpc) is 3.15. The fourth-order valence-corrected chi connectivity index (χ4v) is 3.36. The quantitative estimate of drug-likeness (QED) is 0.597. The standard InChI is InChI=1S/C20H20N2O4S/c1-2-25-17-10-8-16(9-11-17)21-14-18-12-13-19(26-18)15-22-27(23,24)20-6-4-3-5-7-20/h3-14,22H,2,15H2,1H3. The van der Waals surface area contributed by atoms with Crippen molar-refractivity contribution in [1.82, 2.24) is 4.72 Å². The lowest BCUT2D eigenvalue weighted by molar-refractivity contribution is 0.340. The summed E-state index contributed by atoms with van der Waals surface area (Å²) in [6.07, 6.45) is 1.59. The summed E-state index contributed by atoms with van der Waals surface area (Å²) in [6, 6.07) is 19.0. The Morgan fingerprint density at radius 1 is 1.04 bits per heavy atom. The Morgan fingerprint density at radius 3 is 2.48 bits per heavy atom. The van der Waals surface area contributed by atoms with Crippen LogP contribution in [0.4, 0.5) is 5.69 Å². The van der Waals surface area contributed by atoms with Crippen molar-refractivity contribution in [3.8, 4) is 5.75 Å². The number of rotatable bonds is 8. The number of sulfonamides is 1. The van der Waals surface area contributed by atoms with Crippen LogP contribution in [0, 0.1) is 0 Å². The van der Waals surface area contributed by atoms with Gasteiger partial charge in [0.1, 0.15) is 17.3 Å². The van der Waals surface area contributed by atoms with Gasteiger partial charge in [-0.15, -0.1) is 0 Å². The zero-order valence-electron chi connectivity index (χ0n) is 14.8. The van der Waals surface area contributed by atoms with Crippen LogP contribution in [0.5, 0.6) is 5.75 Å². The number of aliphatic imine (C=N–C) groups is 1. The van der Waals surface area contributed by atoms with Crippen LogP contribution in [0.3, 0.4) is 0 Å². The van der Waals surface area contributed by atoms with E-state index in [0.717, 1.165) is 11.4 Å². The summed E-state index contributed by atoms with van der Waals surface area (Å²) >= 11 is 0. The molecule has 1 aromatic heterocycles. The van der Waals surface area contributed by atoms with Crippen LogP contribution in [0.2, 0.25) is 0 Å². The Morgan fingerprint density at radius 2 is 1.78 bits per heavy atom. The third kappa shape index (κ3) is 5.29. The van der Waals surface area contributed by atoms with Crippen LogP contribution in [-0.2, 0) is 16.6 Å². The van der Waals surface area contributed by atoms with E-state index in [-0.39, 0.29) is 11.4 Å². The minimum atomic E-state index is -3.57. The van der Waals surface area contributed by atoms with E-state index in [1.54, 1.807) is 48.7 Å². The number of hydrogen-bond acceptors (Lipinski definition) is 5. The fourth-order valence-electron chi connectivity index (χ4n) is 2.34. The number of nitrogens with one attached hydrogen (secondary N) is 1. The lowest BCUT2D eigenvalue weighted by Gasteiger charge is -2.04. The molecule has 1 heterocycles. The first kappa shape index (κ1) is 18.9.